The Balaban J connectivity index is 2.11. The number of benzene rings is 2. The summed E-state index contributed by atoms with van der Waals surface area (Å²) >= 11 is 0. The van der Waals surface area contributed by atoms with Crippen LogP contribution in [0.25, 0.3) is 0 Å². The standard InChI is InChI=1S/C23H24N2O5/c1-4-29-23(27)20-19(15-9-8-12-17(13-15)28-3)18(14(2)30-21(20)24)22(26)25-16-10-6-5-7-11-16/h5-13,19H,4,24H2,1-3H3,(H,25,26)/t19-/m0/s1. The molecule has 2 aromatic rings. The molecule has 0 saturated heterocycles. The first-order chi connectivity index (χ1) is 14.5. The van der Waals surface area contributed by atoms with E-state index in [9.17, 15) is 9.59 Å². The molecule has 1 amide bonds. The van der Waals surface area contributed by atoms with Crippen molar-refractivity contribution in [2.45, 2.75) is 19.8 Å². The van der Waals surface area contributed by atoms with E-state index in [-0.39, 0.29) is 23.6 Å². The fourth-order valence-electron chi connectivity index (χ4n) is 3.36. The summed E-state index contributed by atoms with van der Waals surface area (Å²) in [6.07, 6.45) is 0. The second-order valence-corrected chi connectivity index (χ2v) is 6.60. The van der Waals surface area contributed by atoms with Gasteiger partial charge in [-0.15, -0.1) is 0 Å². The van der Waals surface area contributed by atoms with Gasteiger partial charge in [0.05, 0.1) is 25.2 Å². The van der Waals surface area contributed by atoms with Crippen molar-refractivity contribution in [3.63, 3.8) is 0 Å². The maximum atomic E-state index is 13.3. The molecule has 30 heavy (non-hydrogen) atoms. The summed E-state index contributed by atoms with van der Waals surface area (Å²) in [5.74, 6) is -1.02. The molecular formula is C23H24N2O5. The quantitative estimate of drug-likeness (QED) is 0.710. The maximum absolute atomic E-state index is 13.3. The first-order valence-electron chi connectivity index (χ1n) is 9.52. The average Bonchev–Trinajstić information content (AvgIpc) is 2.74. The molecule has 0 bridgehead atoms. The van der Waals surface area contributed by atoms with Gasteiger partial charge in [0.15, 0.2) is 0 Å². The molecule has 0 radical (unpaired) electrons. The van der Waals surface area contributed by atoms with Gasteiger partial charge in [0.25, 0.3) is 5.91 Å². The van der Waals surface area contributed by atoms with E-state index in [1.807, 2.05) is 18.2 Å². The lowest BCUT2D eigenvalue weighted by Gasteiger charge is -2.29. The zero-order chi connectivity index (χ0) is 21.7. The van der Waals surface area contributed by atoms with Crippen LogP contribution in [0.5, 0.6) is 5.75 Å². The Morgan fingerprint density at radius 1 is 1.10 bits per heavy atom. The Morgan fingerprint density at radius 2 is 1.83 bits per heavy atom. The lowest BCUT2D eigenvalue weighted by atomic mass is 9.82. The van der Waals surface area contributed by atoms with Crippen LogP contribution in [0.1, 0.15) is 25.3 Å². The molecule has 1 aliphatic rings. The number of hydrogen-bond donors (Lipinski definition) is 2. The van der Waals surface area contributed by atoms with Crippen LogP contribution in [0, 0.1) is 0 Å². The van der Waals surface area contributed by atoms with Crippen molar-refractivity contribution in [1.82, 2.24) is 0 Å². The summed E-state index contributed by atoms with van der Waals surface area (Å²) in [6.45, 7) is 3.50. The summed E-state index contributed by atoms with van der Waals surface area (Å²) in [5.41, 5.74) is 7.69. The van der Waals surface area contributed by atoms with E-state index in [1.165, 1.54) is 0 Å². The molecule has 7 nitrogen and oxygen atoms in total. The molecule has 1 atom stereocenters. The molecule has 0 spiro atoms. The zero-order valence-corrected chi connectivity index (χ0v) is 17.1. The van der Waals surface area contributed by atoms with Gasteiger partial charge in [0, 0.05) is 5.69 Å². The molecule has 0 aromatic heterocycles. The molecule has 7 heteroatoms. The highest BCUT2D eigenvalue weighted by molar-refractivity contribution is 6.08. The van der Waals surface area contributed by atoms with Crippen molar-refractivity contribution >= 4 is 17.6 Å². The number of nitrogens with one attached hydrogen (secondary N) is 1. The third-order valence-electron chi connectivity index (χ3n) is 4.68. The number of allylic oxidation sites excluding steroid dienone is 1. The molecule has 1 aliphatic heterocycles. The Labute approximate surface area is 175 Å². The number of amides is 1. The third kappa shape index (κ3) is 4.30. The van der Waals surface area contributed by atoms with Gasteiger partial charge in [0.2, 0.25) is 5.88 Å². The van der Waals surface area contributed by atoms with E-state index in [0.29, 0.717) is 22.8 Å². The summed E-state index contributed by atoms with van der Waals surface area (Å²) in [6, 6.07) is 16.1. The number of hydrogen-bond acceptors (Lipinski definition) is 6. The second kappa shape index (κ2) is 9.17. The number of rotatable bonds is 6. The zero-order valence-electron chi connectivity index (χ0n) is 17.1. The van der Waals surface area contributed by atoms with Crippen LogP contribution in [-0.4, -0.2) is 25.6 Å². The first-order valence-corrected chi connectivity index (χ1v) is 9.52. The molecule has 2 aromatic carbocycles. The summed E-state index contributed by atoms with van der Waals surface area (Å²) in [5, 5.41) is 2.85. The van der Waals surface area contributed by atoms with Crippen LogP contribution >= 0.6 is 0 Å². The molecule has 0 unspecified atom stereocenters. The van der Waals surface area contributed by atoms with Gasteiger partial charge in [-0.1, -0.05) is 30.3 Å². The number of methoxy groups -OCH3 is 1. The Kier molecular flexibility index (Phi) is 6.41. The largest absolute Gasteiger partial charge is 0.497 e. The summed E-state index contributed by atoms with van der Waals surface area (Å²) in [4.78, 5) is 26.0. The number of nitrogens with two attached hydrogens (primary N) is 1. The highest BCUT2D eigenvalue weighted by Crippen LogP contribution is 2.41. The first kappa shape index (κ1) is 21.0. The van der Waals surface area contributed by atoms with E-state index in [0.717, 1.165) is 0 Å². The van der Waals surface area contributed by atoms with Gasteiger partial charge in [-0.2, -0.15) is 0 Å². The molecule has 3 N–H and O–H groups in total. The summed E-state index contributed by atoms with van der Waals surface area (Å²) in [7, 11) is 1.55. The van der Waals surface area contributed by atoms with Crippen LogP contribution < -0.4 is 15.8 Å². The van der Waals surface area contributed by atoms with E-state index in [4.69, 9.17) is 19.9 Å². The second-order valence-electron chi connectivity index (χ2n) is 6.60. The minimum Gasteiger partial charge on any atom is -0.497 e. The van der Waals surface area contributed by atoms with Crippen molar-refractivity contribution in [2.75, 3.05) is 19.0 Å². The van der Waals surface area contributed by atoms with Gasteiger partial charge in [-0.05, 0) is 43.7 Å². The van der Waals surface area contributed by atoms with E-state index >= 15 is 0 Å². The van der Waals surface area contributed by atoms with E-state index in [1.54, 1.807) is 57.4 Å². The monoisotopic (exact) mass is 408 g/mol. The predicted octanol–water partition coefficient (Wildman–Crippen LogP) is 3.46. The van der Waals surface area contributed by atoms with Gasteiger partial charge in [0.1, 0.15) is 17.1 Å². The van der Waals surface area contributed by atoms with Gasteiger partial charge in [-0.25, -0.2) is 4.79 Å². The lowest BCUT2D eigenvalue weighted by Crippen LogP contribution is -2.31. The van der Waals surface area contributed by atoms with Gasteiger partial charge < -0.3 is 25.3 Å². The van der Waals surface area contributed by atoms with Crippen molar-refractivity contribution in [2.24, 2.45) is 5.73 Å². The molecule has 3 rings (SSSR count). The predicted molar refractivity (Wildman–Crippen MR) is 112 cm³/mol. The number of esters is 1. The molecule has 156 valence electrons. The molecule has 0 saturated carbocycles. The molecule has 0 aliphatic carbocycles. The maximum Gasteiger partial charge on any atom is 0.340 e. The van der Waals surface area contributed by atoms with E-state index < -0.39 is 17.8 Å². The Bertz CT molecular complexity index is 1010. The van der Waals surface area contributed by atoms with Crippen molar-refractivity contribution in [3.8, 4) is 5.75 Å². The highest BCUT2D eigenvalue weighted by Gasteiger charge is 2.39. The number of anilines is 1. The smallest absolute Gasteiger partial charge is 0.340 e. The lowest BCUT2D eigenvalue weighted by molar-refractivity contribution is -0.139. The molecule has 0 fully saturated rings. The highest BCUT2D eigenvalue weighted by atomic mass is 16.5. The van der Waals surface area contributed by atoms with Gasteiger partial charge in [-0.3, -0.25) is 4.79 Å². The fraction of sp³-hybridized carbons (Fsp3) is 0.217. The minimum absolute atomic E-state index is 0.0777. The van der Waals surface area contributed by atoms with Gasteiger partial charge >= 0.3 is 5.97 Å². The molecular weight excluding hydrogens is 384 g/mol. The number of ether oxygens (including phenoxy) is 3. The average molecular weight is 408 g/mol. The molecule has 1 heterocycles. The van der Waals surface area contributed by atoms with Crippen LogP contribution in [0.3, 0.4) is 0 Å². The number of carbonyl (C=O) groups is 2. The normalized spacial score (nSPS) is 16.0. The van der Waals surface area contributed by atoms with Crippen LogP contribution in [0.15, 0.2) is 77.4 Å². The van der Waals surface area contributed by atoms with E-state index in [2.05, 4.69) is 5.32 Å². The number of carbonyl (C=O) groups excluding carboxylic acids is 2. The van der Waals surface area contributed by atoms with Crippen molar-refractivity contribution in [1.29, 1.82) is 0 Å². The van der Waals surface area contributed by atoms with Crippen LogP contribution in [0.2, 0.25) is 0 Å². The Hall–Kier alpha value is -3.74. The summed E-state index contributed by atoms with van der Waals surface area (Å²) < 4.78 is 16.1. The number of para-hydroxylation sites is 1. The fourth-order valence-corrected chi connectivity index (χ4v) is 3.36. The topological polar surface area (TPSA) is 99.9 Å². The van der Waals surface area contributed by atoms with Crippen molar-refractivity contribution in [3.05, 3.63) is 82.9 Å². The third-order valence-corrected chi connectivity index (χ3v) is 4.68. The van der Waals surface area contributed by atoms with Crippen molar-refractivity contribution < 1.29 is 23.8 Å². The van der Waals surface area contributed by atoms with Crippen LogP contribution in [-0.2, 0) is 19.1 Å². The Morgan fingerprint density at radius 3 is 2.50 bits per heavy atom. The van der Waals surface area contributed by atoms with Crippen LogP contribution in [0.4, 0.5) is 5.69 Å². The minimum atomic E-state index is -0.781. The SMILES string of the molecule is CCOC(=O)C1=C(N)OC(C)=C(C(=O)Nc2ccccc2)[C@@H]1c1cccc(OC)c1.